The average Bonchev–Trinajstić information content (AvgIpc) is 3.05. The number of benzene rings is 2. The second-order valence-electron chi connectivity index (χ2n) is 6.06. The Kier molecular flexibility index (Phi) is 4.51. The van der Waals surface area contributed by atoms with Crippen molar-refractivity contribution in [1.82, 2.24) is 4.98 Å². The molecule has 128 valence electrons. The molecule has 0 aliphatic carbocycles. The highest BCUT2D eigenvalue weighted by atomic mass is 32.1. The highest BCUT2D eigenvalue weighted by Gasteiger charge is 2.17. The first-order valence-corrected chi connectivity index (χ1v) is 9.19. The number of hydrogen-bond donors (Lipinski definition) is 0. The van der Waals surface area contributed by atoms with Crippen molar-refractivity contribution in [2.45, 2.75) is 6.92 Å². The largest absolute Gasteiger partial charge is 0.378 e. The summed E-state index contributed by atoms with van der Waals surface area (Å²) in [6, 6.07) is 14.8. The molecule has 25 heavy (non-hydrogen) atoms. The number of aryl methyl sites for hydroxylation is 1. The fourth-order valence-electron chi connectivity index (χ4n) is 3.04. The summed E-state index contributed by atoms with van der Waals surface area (Å²) < 4.78 is 19.4. The van der Waals surface area contributed by atoms with Gasteiger partial charge in [-0.3, -0.25) is 0 Å². The van der Waals surface area contributed by atoms with E-state index in [1.54, 1.807) is 23.5 Å². The van der Waals surface area contributed by atoms with E-state index < -0.39 is 0 Å². The van der Waals surface area contributed by atoms with Crippen LogP contribution in [-0.4, -0.2) is 31.3 Å². The van der Waals surface area contributed by atoms with Crippen LogP contribution >= 0.6 is 11.3 Å². The summed E-state index contributed by atoms with van der Waals surface area (Å²) in [5.74, 6) is -0.199. The Labute approximate surface area is 150 Å². The van der Waals surface area contributed by atoms with Crippen LogP contribution in [0.3, 0.4) is 0 Å². The molecule has 1 aliphatic rings. The van der Waals surface area contributed by atoms with Gasteiger partial charge >= 0.3 is 0 Å². The van der Waals surface area contributed by atoms with E-state index in [9.17, 15) is 4.39 Å². The third-order valence-electron chi connectivity index (χ3n) is 4.41. The number of halogens is 1. The van der Waals surface area contributed by atoms with Crippen LogP contribution in [0.15, 0.2) is 48.5 Å². The molecule has 0 N–H and O–H groups in total. The quantitative estimate of drug-likeness (QED) is 0.678. The first-order chi connectivity index (χ1) is 12.2. The maximum Gasteiger partial charge on any atom is 0.186 e. The standard InChI is InChI=1S/C20H19FN2OS/c1-14-19(22-20(25-14)23-10-12-24-13-11-23)16-8-6-15(7-9-16)17-4-2-3-5-18(17)21/h2-9H,10-13H2,1H3. The van der Waals surface area contributed by atoms with Gasteiger partial charge in [-0.25, -0.2) is 9.37 Å². The number of ether oxygens (including phenoxy) is 1. The van der Waals surface area contributed by atoms with Crippen molar-refractivity contribution in [2.75, 3.05) is 31.2 Å². The zero-order valence-corrected chi connectivity index (χ0v) is 14.9. The number of morpholine rings is 1. The summed E-state index contributed by atoms with van der Waals surface area (Å²) in [6.45, 7) is 5.38. The lowest BCUT2D eigenvalue weighted by atomic mass is 10.0. The smallest absolute Gasteiger partial charge is 0.186 e. The van der Waals surface area contributed by atoms with Crippen molar-refractivity contribution in [3.05, 3.63) is 59.2 Å². The van der Waals surface area contributed by atoms with Crippen LogP contribution in [0, 0.1) is 12.7 Å². The maximum atomic E-state index is 13.9. The van der Waals surface area contributed by atoms with Crippen LogP contribution in [0.2, 0.25) is 0 Å². The van der Waals surface area contributed by atoms with Gasteiger partial charge in [-0.05, 0) is 18.6 Å². The summed E-state index contributed by atoms with van der Waals surface area (Å²) in [7, 11) is 0. The number of aromatic nitrogens is 1. The molecule has 5 heteroatoms. The first kappa shape index (κ1) is 16.2. The zero-order chi connectivity index (χ0) is 17.2. The lowest BCUT2D eigenvalue weighted by molar-refractivity contribution is 0.122. The van der Waals surface area contributed by atoms with Gasteiger partial charge in [0.05, 0.1) is 18.9 Å². The Morgan fingerprint density at radius 2 is 1.68 bits per heavy atom. The predicted octanol–water partition coefficient (Wildman–Crippen LogP) is 4.76. The number of rotatable bonds is 3. The lowest BCUT2D eigenvalue weighted by Crippen LogP contribution is -2.36. The minimum Gasteiger partial charge on any atom is -0.378 e. The zero-order valence-electron chi connectivity index (χ0n) is 14.0. The van der Waals surface area contributed by atoms with Crippen molar-refractivity contribution in [3.8, 4) is 22.4 Å². The van der Waals surface area contributed by atoms with Gasteiger partial charge in [0.1, 0.15) is 5.82 Å². The van der Waals surface area contributed by atoms with Gasteiger partial charge in [-0.15, -0.1) is 11.3 Å². The minimum absolute atomic E-state index is 0.199. The van der Waals surface area contributed by atoms with Gasteiger partial charge in [0.2, 0.25) is 0 Å². The number of anilines is 1. The van der Waals surface area contributed by atoms with E-state index in [2.05, 4.69) is 11.8 Å². The number of nitrogens with zero attached hydrogens (tertiary/aromatic N) is 2. The van der Waals surface area contributed by atoms with Gasteiger partial charge < -0.3 is 9.64 Å². The summed E-state index contributed by atoms with van der Waals surface area (Å²) in [5.41, 5.74) is 3.57. The Bertz CT molecular complexity index is 870. The molecule has 0 spiro atoms. The van der Waals surface area contributed by atoms with Crippen molar-refractivity contribution in [3.63, 3.8) is 0 Å². The van der Waals surface area contributed by atoms with Crippen LogP contribution in [0.4, 0.5) is 9.52 Å². The molecule has 2 aromatic carbocycles. The Morgan fingerprint density at radius 1 is 1.00 bits per heavy atom. The molecule has 3 aromatic rings. The fourth-order valence-corrected chi connectivity index (χ4v) is 4.03. The van der Waals surface area contributed by atoms with Crippen LogP contribution in [0.5, 0.6) is 0 Å². The van der Waals surface area contributed by atoms with Crippen LogP contribution in [-0.2, 0) is 4.74 Å². The Balaban J connectivity index is 1.62. The molecule has 0 radical (unpaired) electrons. The van der Waals surface area contributed by atoms with E-state index in [1.807, 2.05) is 30.3 Å². The first-order valence-electron chi connectivity index (χ1n) is 8.38. The second-order valence-corrected chi connectivity index (χ2v) is 7.24. The van der Waals surface area contributed by atoms with Crippen LogP contribution in [0.1, 0.15) is 4.88 Å². The van der Waals surface area contributed by atoms with E-state index in [-0.39, 0.29) is 5.82 Å². The minimum atomic E-state index is -0.199. The van der Waals surface area contributed by atoms with E-state index in [1.165, 1.54) is 10.9 Å². The topological polar surface area (TPSA) is 25.4 Å². The molecule has 2 heterocycles. The van der Waals surface area contributed by atoms with E-state index >= 15 is 0 Å². The normalized spacial score (nSPS) is 14.7. The number of thiazole rings is 1. The molecule has 0 bridgehead atoms. The molecular weight excluding hydrogens is 335 g/mol. The average molecular weight is 354 g/mol. The van der Waals surface area contributed by atoms with E-state index in [0.717, 1.165) is 48.3 Å². The highest BCUT2D eigenvalue weighted by Crippen LogP contribution is 2.34. The van der Waals surface area contributed by atoms with Gasteiger partial charge in [0, 0.05) is 29.1 Å². The third kappa shape index (κ3) is 3.30. The molecule has 1 aromatic heterocycles. The van der Waals surface area contributed by atoms with Crippen molar-refractivity contribution in [1.29, 1.82) is 0 Å². The molecule has 0 atom stereocenters. The van der Waals surface area contributed by atoms with Crippen molar-refractivity contribution in [2.24, 2.45) is 0 Å². The van der Waals surface area contributed by atoms with Crippen molar-refractivity contribution < 1.29 is 9.13 Å². The van der Waals surface area contributed by atoms with Gasteiger partial charge in [-0.1, -0.05) is 42.5 Å². The fraction of sp³-hybridized carbons (Fsp3) is 0.250. The van der Waals surface area contributed by atoms with Crippen molar-refractivity contribution >= 4 is 16.5 Å². The Hall–Kier alpha value is -2.24. The highest BCUT2D eigenvalue weighted by molar-refractivity contribution is 7.16. The molecule has 1 aliphatic heterocycles. The molecule has 0 saturated carbocycles. The lowest BCUT2D eigenvalue weighted by Gasteiger charge is -2.26. The SMILES string of the molecule is Cc1sc(N2CCOCC2)nc1-c1ccc(-c2ccccc2F)cc1. The number of hydrogen-bond acceptors (Lipinski definition) is 4. The van der Waals surface area contributed by atoms with Gasteiger partial charge in [-0.2, -0.15) is 0 Å². The maximum absolute atomic E-state index is 13.9. The molecule has 0 unspecified atom stereocenters. The molecule has 1 saturated heterocycles. The predicted molar refractivity (Wildman–Crippen MR) is 101 cm³/mol. The molecule has 1 fully saturated rings. The summed E-state index contributed by atoms with van der Waals surface area (Å²) >= 11 is 1.72. The summed E-state index contributed by atoms with van der Waals surface area (Å²) in [4.78, 5) is 8.31. The summed E-state index contributed by atoms with van der Waals surface area (Å²) in [6.07, 6.45) is 0. The van der Waals surface area contributed by atoms with E-state index in [0.29, 0.717) is 5.56 Å². The van der Waals surface area contributed by atoms with Crippen LogP contribution in [0.25, 0.3) is 22.4 Å². The van der Waals surface area contributed by atoms with Crippen LogP contribution < -0.4 is 4.90 Å². The molecular formula is C20H19FN2OS. The van der Waals surface area contributed by atoms with Gasteiger partial charge in [0.15, 0.2) is 5.13 Å². The van der Waals surface area contributed by atoms with E-state index in [4.69, 9.17) is 9.72 Å². The molecule has 0 amide bonds. The molecule has 3 nitrogen and oxygen atoms in total. The molecule has 4 rings (SSSR count). The summed E-state index contributed by atoms with van der Waals surface area (Å²) in [5, 5.41) is 1.05. The monoisotopic (exact) mass is 354 g/mol. The Morgan fingerprint density at radius 3 is 2.40 bits per heavy atom. The second kappa shape index (κ2) is 6.94. The van der Waals surface area contributed by atoms with Gasteiger partial charge in [0.25, 0.3) is 0 Å². The third-order valence-corrected chi connectivity index (χ3v) is 5.44.